The Balaban J connectivity index is 1.57. The van der Waals surface area contributed by atoms with Gasteiger partial charge >= 0.3 is 0 Å². The van der Waals surface area contributed by atoms with Gasteiger partial charge in [0.1, 0.15) is 18.0 Å². The van der Waals surface area contributed by atoms with E-state index in [1.54, 1.807) is 12.1 Å². The highest BCUT2D eigenvalue weighted by Gasteiger charge is 2.27. The molecule has 2 aromatic carbocycles. The van der Waals surface area contributed by atoms with Gasteiger partial charge in [-0.1, -0.05) is 49.7 Å². The Morgan fingerprint density at radius 3 is 2.68 bits per heavy atom. The Morgan fingerprint density at radius 2 is 1.97 bits per heavy atom. The van der Waals surface area contributed by atoms with E-state index < -0.39 is 5.89 Å². The van der Waals surface area contributed by atoms with Crippen LogP contribution in [0.4, 0.5) is 10.2 Å². The number of hydrogen-bond acceptors (Lipinski definition) is 5. The SMILES string of the molecule is [2H][C@@](Cc1cc(Cl)c2ncnc(NCC(C)(C)C)c2c1)(c1ccc(F)cc1)c1cn(C2CC2)nn1. The second-order valence-electron chi connectivity index (χ2n) is 10.1. The molecule has 176 valence electrons. The van der Waals surface area contributed by atoms with E-state index in [1.165, 1.54) is 18.5 Å². The summed E-state index contributed by atoms with van der Waals surface area (Å²) in [7, 11) is 0. The molecule has 0 radical (unpaired) electrons. The van der Waals surface area contributed by atoms with Gasteiger partial charge in [0.15, 0.2) is 0 Å². The van der Waals surface area contributed by atoms with Crippen molar-refractivity contribution in [2.75, 3.05) is 11.9 Å². The van der Waals surface area contributed by atoms with Gasteiger partial charge in [0.25, 0.3) is 0 Å². The summed E-state index contributed by atoms with van der Waals surface area (Å²) < 4.78 is 25.1. The van der Waals surface area contributed by atoms with Crippen molar-refractivity contribution < 1.29 is 5.76 Å². The minimum atomic E-state index is -1.29. The van der Waals surface area contributed by atoms with E-state index in [-0.39, 0.29) is 17.7 Å². The van der Waals surface area contributed by atoms with Crippen LogP contribution in [0.1, 0.15) is 63.7 Å². The number of nitrogens with one attached hydrogen (secondary N) is 1. The lowest BCUT2D eigenvalue weighted by molar-refractivity contribution is 0.442. The first-order valence-corrected chi connectivity index (χ1v) is 11.9. The number of aromatic nitrogens is 5. The van der Waals surface area contributed by atoms with Crippen LogP contribution in [-0.4, -0.2) is 31.5 Å². The van der Waals surface area contributed by atoms with Gasteiger partial charge in [0, 0.05) is 25.4 Å². The first kappa shape index (κ1) is 21.5. The van der Waals surface area contributed by atoms with E-state index in [2.05, 4.69) is 46.4 Å². The van der Waals surface area contributed by atoms with Crippen molar-refractivity contribution in [3.8, 4) is 0 Å². The summed E-state index contributed by atoms with van der Waals surface area (Å²) in [5.74, 6) is -0.934. The normalized spacial score (nSPS) is 16.3. The monoisotopic (exact) mass is 479 g/mol. The Hall–Kier alpha value is -3.06. The lowest BCUT2D eigenvalue weighted by Gasteiger charge is -2.20. The number of benzene rings is 2. The number of halogens is 2. The van der Waals surface area contributed by atoms with Crippen LogP contribution in [0.2, 0.25) is 5.02 Å². The van der Waals surface area contributed by atoms with E-state index in [1.807, 2.05) is 23.0 Å². The highest BCUT2D eigenvalue weighted by Crippen LogP contribution is 2.36. The third kappa shape index (κ3) is 5.04. The highest BCUT2D eigenvalue weighted by molar-refractivity contribution is 6.35. The molecule has 1 aliphatic rings. The standard InChI is InChI=1S/C26H28ClFN6/c1-26(2,3)14-29-25-21-11-16(12-22(27)24(21)30-15-31-25)10-20(17-4-6-18(28)7-5-17)23-13-34(33-32-23)19-8-9-19/h4-7,11-13,15,19-20H,8-10,14H2,1-3H3,(H,29,30,31)/t20-/m1/s1/i20D. The van der Waals surface area contributed by atoms with Crippen LogP contribution in [0.15, 0.2) is 48.9 Å². The molecular weight excluding hydrogens is 451 g/mol. The van der Waals surface area contributed by atoms with E-state index >= 15 is 0 Å². The molecule has 1 saturated carbocycles. The van der Waals surface area contributed by atoms with Gasteiger partial charge in [-0.25, -0.2) is 19.0 Å². The zero-order chi connectivity index (χ0) is 24.8. The molecule has 1 aliphatic carbocycles. The second-order valence-corrected chi connectivity index (χ2v) is 10.5. The van der Waals surface area contributed by atoms with Crippen LogP contribution in [0.25, 0.3) is 10.9 Å². The van der Waals surface area contributed by atoms with Crippen molar-refractivity contribution >= 4 is 28.3 Å². The molecule has 0 unspecified atom stereocenters. The van der Waals surface area contributed by atoms with Gasteiger partial charge in [0.2, 0.25) is 0 Å². The van der Waals surface area contributed by atoms with E-state index in [0.29, 0.717) is 33.7 Å². The molecule has 0 spiro atoms. The summed E-state index contributed by atoms with van der Waals surface area (Å²) in [5, 5.41) is 13.3. The predicted molar refractivity (Wildman–Crippen MR) is 133 cm³/mol. The first-order valence-electron chi connectivity index (χ1n) is 12.0. The predicted octanol–water partition coefficient (Wildman–Crippen LogP) is 6.18. The topological polar surface area (TPSA) is 68.5 Å². The van der Waals surface area contributed by atoms with Crippen molar-refractivity contribution in [3.05, 3.63) is 76.6 Å². The smallest absolute Gasteiger partial charge is 0.137 e. The summed E-state index contributed by atoms with van der Waals surface area (Å²) in [6.45, 7) is 7.17. The fourth-order valence-corrected chi connectivity index (χ4v) is 4.19. The minimum Gasteiger partial charge on any atom is -0.369 e. The molecule has 34 heavy (non-hydrogen) atoms. The molecule has 5 rings (SSSR count). The maximum atomic E-state index is 13.7. The van der Waals surface area contributed by atoms with Gasteiger partial charge in [0.05, 0.1) is 22.3 Å². The van der Waals surface area contributed by atoms with E-state index in [0.717, 1.165) is 30.3 Å². The van der Waals surface area contributed by atoms with Crippen molar-refractivity contribution in [1.29, 1.82) is 0 Å². The number of hydrogen-bond donors (Lipinski definition) is 1. The van der Waals surface area contributed by atoms with Crippen molar-refractivity contribution in [2.24, 2.45) is 5.41 Å². The maximum absolute atomic E-state index is 13.7. The van der Waals surface area contributed by atoms with Gasteiger partial charge in [-0.15, -0.1) is 5.10 Å². The molecule has 1 atom stereocenters. The summed E-state index contributed by atoms with van der Waals surface area (Å²) in [4.78, 5) is 8.83. The van der Waals surface area contributed by atoms with Gasteiger partial charge in [-0.2, -0.15) is 0 Å². The molecule has 1 N–H and O–H groups in total. The molecule has 0 bridgehead atoms. The molecule has 0 amide bonds. The molecule has 2 aromatic heterocycles. The molecule has 8 heteroatoms. The number of anilines is 1. The van der Waals surface area contributed by atoms with Crippen LogP contribution in [0.3, 0.4) is 0 Å². The van der Waals surface area contributed by atoms with Crippen LogP contribution in [-0.2, 0) is 6.42 Å². The third-order valence-electron chi connectivity index (χ3n) is 5.85. The fourth-order valence-electron chi connectivity index (χ4n) is 3.90. The molecule has 1 fully saturated rings. The summed E-state index contributed by atoms with van der Waals surface area (Å²) in [5.41, 5.74) is 2.69. The van der Waals surface area contributed by atoms with E-state index in [9.17, 15) is 5.76 Å². The summed E-state index contributed by atoms with van der Waals surface area (Å²) in [6.07, 6.45) is 5.74. The van der Waals surface area contributed by atoms with Crippen molar-refractivity contribution in [1.82, 2.24) is 25.0 Å². The summed E-state index contributed by atoms with van der Waals surface area (Å²) in [6, 6.07) is 10.2. The second kappa shape index (κ2) is 8.95. The molecule has 0 saturated heterocycles. The Kier molecular flexibility index (Phi) is 5.65. The summed E-state index contributed by atoms with van der Waals surface area (Å²) >= 11 is 6.66. The Bertz CT molecular complexity index is 1360. The third-order valence-corrected chi connectivity index (χ3v) is 6.14. The average Bonchev–Trinajstić information content (AvgIpc) is 3.53. The van der Waals surface area contributed by atoms with Crippen molar-refractivity contribution in [2.45, 2.75) is 52.0 Å². The first-order chi connectivity index (χ1) is 16.6. The van der Waals surface area contributed by atoms with Crippen LogP contribution in [0.5, 0.6) is 0 Å². The van der Waals surface area contributed by atoms with Crippen LogP contribution >= 0.6 is 11.6 Å². The lowest BCUT2D eigenvalue weighted by Crippen LogP contribution is -2.19. The minimum absolute atomic E-state index is 0.0605. The van der Waals surface area contributed by atoms with Crippen LogP contribution in [0, 0.1) is 11.2 Å². The molecule has 0 aliphatic heterocycles. The lowest BCUT2D eigenvalue weighted by atomic mass is 9.89. The van der Waals surface area contributed by atoms with Gasteiger partial charge in [-0.3, -0.25) is 0 Å². The molecule has 4 aromatic rings. The molecule has 2 heterocycles. The number of fused-ring (bicyclic) bond motifs is 1. The Morgan fingerprint density at radius 1 is 1.21 bits per heavy atom. The maximum Gasteiger partial charge on any atom is 0.137 e. The average molecular weight is 480 g/mol. The van der Waals surface area contributed by atoms with Crippen molar-refractivity contribution in [3.63, 3.8) is 0 Å². The largest absolute Gasteiger partial charge is 0.369 e. The van der Waals surface area contributed by atoms with E-state index in [4.69, 9.17) is 11.6 Å². The van der Waals surface area contributed by atoms with Gasteiger partial charge in [-0.05, 0) is 60.1 Å². The zero-order valence-electron chi connectivity index (χ0n) is 20.5. The van der Waals surface area contributed by atoms with Gasteiger partial charge < -0.3 is 5.32 Å². The number of rotatable bonds is 7. The highest BCUT2D eigenvalue weighted by atomic mass is 35.5. The zero-order valence-corrected chi connectivity index (χ0v) is 20.3. The van der Waals surface area contributed by atoms with Crippen LogP contribution < -0.4 is 5.32 Å². The fraction of sp³-hybridized carbons (Fsp3) is 0.385. The quantitative estimate of drug-likeness (QED) is 0.342. The molecular formula is C26H28ClFN6. The number of nitrogens with zero attached hydrogens (tertiary/aromatic N) is 5. The Labute approximate surface area is 205 Å². The molecule has 6 nitrogen and oxygen atoms in total.